The summed E-state index contributed by atoms with van der Waals surface area (Å²) >= 11 is 0. The number of hydrogen-bond donors (Lipinski definition) is 4. The number of hydrogen-bond acceptors (Lipinski definition) is 5. The van der Waals surface area contributed by atoms with Crippen LogP contribution in [0.3, 0.4) is 0 Å². The molecule has 1 unspecified atom stereocenters. The number of carbonyl (C=O) groups excluding carboxylic acids is 2. The zero-order valence-electron chi connectivity index (χ0n) is 18.7. The van der Waals surface area contributed by atoms with Crippen molar-refractivity contribution < 1.29 is 24.5 Å². The van der Waals surface area contributed by atoms with Gasteiger partial charge in [-0.05, 0) is 38.5 Å². The second-order valence-corrected chi connectivity index (χ2v) is 7.77. The van der Waals surface area contributed by atoms with E-state index in [1.807, 2.05) is 6.92 Å². The second-order valence-electron chi connectivity index (χ2n) is 7.77. The lowest BCUT2D eigenvalue weighted by molar-refractivity contribution is -0.128. The van der Waals surface area contributed by atoms with Crippen LogP contribution in [-0.2, 0) is 14.3 Å². The number of methoxy groups -OCH3 is 1. The van der Waals surface area contributed by atoms with Crippen LogP contribution in [0, 0.1) is 5.41 Å². The van der Waals surface area contributed by atoms with Gasteiger partial charge < -0.3 is 26.0 Å². The minimum Gasteiger partial charge on any atom is -0.372 e. The van der Waals surface area contributed by atoms with Gasteiger partial charge in [-0.3, -0.25) is 9.59 Å². The molecule has 0 radical (unpaired) electrons. The number of unbranched alkanes of at least 4 members (excludes halogenated alkanes) is 1. The number of primary amides is 1. The predicted octanol–water partition coefficient (Wildman–Crippen LogP) is 2.67. The number of ether oxygens (including phenoxy) is 1. The standard InChI is InChI=1S/C12H23NO2.C6H11NO.C3H8O2/c1-12(2,3)9-7-5-6-8-10(15-4)11(13)14;1-3-5-7-6(8)4-2;1-3(2,4)5/h7,9-10H,5-6,8H2,1-4H3,(H2,13,14);3H,1,4-5H2,2H3,(H,7,8);4-5H,1-2H3/b9-7+;;. The van der Waals surface area contributed by atoms with Gasteiger partial charge in [-0.25, -0.2) is 0 Å². The Morgan fingerprint density at radius 3 is 2.04 bits per heavy atom. The summed E-state index contributed by atoms with van der Waals surface area (Å²) in [6.45, 7) is 14.9. The Kier molecular flexibility index (Phi) is 19.3. The SMILES string of the molecule is C=CCNC(=O)CC.CC(C)(O)O.COC(CCC/C=C/C(C)(C)C)C(N)=O. The van der Waals surface area contributed by atoms with Crippen molar-refractivity contribution in [2.75, 3.05) is 13.7 Å². The summed E-state index contributed by atoms with van der Waals surface area (Å²) in [7, 11) is 1.51. The first-order chi connectivity index (χ1) is 12.7. The fraction of sp³-hybridized carbons (Fsp3) is 0.714. The van der Waals surface area contributed by atoms with Crippen LogP contribution in [-0.4, -0.2) is 47.6 Å². The predicted molar refractivity (Wildman–Crippen MR) is 114 cm³/mol. The highest BCUT2D eigenvalue weighted by atomic mass is 16.5. The minimum absolute atomic E-state index is 0.0740. The summed E-state index contributed by atoms with van der Waals surface area (Å²) in [5, 5.41) is 18.8. The van der Waals surface area contributed by atoms with Gasteiger partial charge in [-0.1, -0.05) is 45.9 Å². The van der Waals surface area contributed by atoms with E-state index in [0.717, 1.165) is 12.8 Å². The fourth-order valence-corrected chi connectivity index (χ4v) is 1.55. The molecule has 7 nitrogen and oxygen atoms in total. The molecule has 0 aromatic heterocycles. The first-order valence-electron chi connectivity index (χ1n) is 9.50. The molecule has 0 aliphatic heterocycles. The molecular formula is C21H42N2O5. The minimum atomic E-state index is -1.50. The lowest BCUT2D eigenvalue weighted by Crippen LogP contribution is -2.29. The van der Waals surface area contributed by atoms with Gasteiger partial charge in [0.05, 0.1) is 0 Å². The molecule has 0 bridgehead atoms. The van der Waals surface area contributed by atoms with Crippen LogP contribution in [0.15, 0.2) is 24.8 Å². The zero-order valence-corrected chi connectivity index (χ0v) is 18.7. The molecule has 28 heavy (non-hydrogen) atoms. The number of allylic oxidation sites excluding steroid dienone is 2. The number of carbonyl (C=O) groups is 2. The molecule has 0 aromatic rings. The molecule has 0 aliphatic rings. The summed E-state index contributed by atoms with van der Waals surface area (Å²) < 4.78 is 4.96. The quantitative estimate of drug-likeness (QED) is 0.268. The first kappa shape index (κ1) is 31.0. The third-order valence-electron chi connectivity index (χ3n) is 2.82. The Labute approximate surface area is 171 Å². The van der Waals surface area contributed by atoms with Crippen molar-refractivity contribution in [2.24, 2.45) is 11.1 Å². The van der Waals surface area contributed by atoms with E-state index < -0.39 is 11.9 Å². The van der Waals surface area contributed by atoms with Gasteiger partial charge in [0.25, 0.3) is 0 Å². The normalized spacial score (nSPS) is 12.2. The van der Waals surface area contributed by atoms with Crippen LogP contribution in [0.5, 0.6) is 0 Å². The van der Waals surface area contributed by atoms with Crippen LogP contribution in [0.2, 0.25) is 0 Å². The second kappa shape index (κ2) is 17.4. The van der Waals surface area contributed by atoms with Crippen molar-refractivity contribution in [3.05, 3.63) is 24.8 Å². The summed E-state index contributed by atoms with van der Waals surface area (Å²) in [5.41, 5.74) is 5.38. The van der Waals surface area contributed by atoms with E-state index in [9.17, 15) is 9.59 Å². The smallest absolute Gasteiger partial charge is 0.246 e. The van der Waals surface area contributed by atoms with E-state index in [4.69, 9.17) is 20.7 Å². The summed E-state index contributed by atoms with van der Waals surface area (Å²) in [6, 6.07) is 0. The van der Waals surface area contributed by atoms with Crippen molar-refractivity contribution in [1.29, 1.82) is 0 Å². The highest BCUT2D eigenvalue weighted by Gasteiger charge is 2.12. The largest absolute Gasteiger partial charge is 0.372 e. The number of rotatable bonds is 9. The Morgan fingerprint density at radius 1 is 1.21 bits per heavy atom. The van der Waals surface area contributed by atoms with Crippen molar-refractivity contribution in [2.45, 2.75) is 79.1 Å². The molecule has 1 atom stereocenters. The number of aliphatic hydroxyl groups is 2. The van der Waals surface area contributed by atoms with E-state index in [-0.39, 0.29) is 17.2 Å². The number of amides is 2. The maximum atomic E-state index is 10.8. The third kappa shape index (κ3) is 35.4. The summed E-state index contributed by atoms with van der Waals surface area (Å²) in [6.07, 6.45) is 8.68. The van der Waals surface area contributed by atoms with Crippen molar-refractivity contribution in [1.82, 2.24) is 5.32 Å². The van der Waals surface area contributed by atoms with Gasteiger partial charge in [0.1, 0.15) is 6.10 Å². The lowest BCUT2D eigenvalue weighted by Gasteiger charge is -2.12. The van der Waals surface area contributed by atoms with Gasteiger partial charge in [0.15, 0.2) is 5.79 Å². The molecular weight excluding hydrogens is 360 g/mol. The highest BCUT2D eigenvalue weighted by Crippen LogP contribution is 2.15. The first-order valence-corrected chi connectivity index (χ1v) is 9.50. The van der Waals surface area contributed by atoms with E-state index in [1.54, 1.807) is 6.08 Å². The fourth-order valence-electron chi connectivity index (χ4n) is 1.55. The molecule has 0 saturated carbocycles. The lowest BCUT2D eigenvalue weighted by atomic mass is 9.95. The van der Waals surface area contributed by atoms with Crippen LogP contribution in [0.25, 0.3) is 0 Å². The molecule has 0 fully saturated rings. The van der Waals surface area contributed by atoms with Gasteiger partial charge in [0, 0.05) is 20.1 Å². The van der Waals surface area contributed by atoms with E-state index in [2.05, 4.69) is 44.8 Å². The molecule has 0 aliphatic carbocycles. The summed E-state index contributed by atoms with van der Waals surface area (Å²) in [4.78, 5) is 21.2. The molecule has 0 spiro atoms. The third-order valence-corrected chi connectivity index (χ3v) is 2.82. The van der Waals surface area contributed by atoms with Gasteiger partial charge in [-0.15, -0.1) is 6.58 Å². The van der Waals surface area contributed by atoms with E-state index in [0.29, 0.717) is 19.4 Å². The van der Waals surface area contributed by atoms with Crippen LogP contribution < -0.4 is 11.1 Å². The average Bonchev–Trinajstić information content (AvgIpc) is 2.53. The highest BCUT2D eigenvalue weighted by molar-refractivity contribution is 5.78. The van der Waals surface area contributed by atoms with Gasteiger partial charge >= 0.3 is 0 Å². The average molecular weight is 403 g/mol. The Morgan fingerprint density at radius 2 is 1.71 bits per heavy atom. The van der Waals surface area contributed by atoms with E-state index >= 15 is 0 Å². The topological polar surface area (TPSA) is 122 Å². The molecule has 0 saturated heterocycles. The molecule has 7 heteroatoms. The maximum Gasteiger partial charge on any atom is 0.246 e. The molecule has 0 aromatic carbocycles. The summed E-state index contributed by atoms with van der Waals surface area (Å²) in [5.74, 6) is -1.80. The molecule has 166 valence electrons. The zero-order chi connectivity index (χ0) is 22.8. The molecule has 5 N–H and O–H groups in total. The van der Waals surface area contributed by atoms with Crippen LogP contribution in [0.4, 0.5) is 0 Å². The monoisotopic (exact) mass is 402 g/mol. The maximum absolute atomic E-state index is 10.8. The van der Waals surface area contributed by atoms with Crippen LogP contribution in [0.1, 0.15) is 67.2 Å². The molecule has 0 heterocycles. The van der Waals surface area contributed by atoms with Gasteiger partial charge in [0.2, 0.25) is 11.8 Å². The Balaban J connectivity index is -0.000000400. The van der Waals surface area contributed by atoms with Crippen molar-refractivity contribution >= 4 is 11.8 Å². The van der Waals surface area contributed by atoms with Gasteiger partial charge in [-0.2, -0.15) is 0 Å². The molecule has 2 amide bonds. The van der Waals surface area contributed by atoms with Crippen molar-refractivity contribution in [3.63, 3.8) is 0 Å². The molecule has 0 rings (SSSR count). The Bertz CT molecular complexity index is 443. The Hall–Kier alpha value is -1.70. The number of nitrogens with one attached hydrogen (secondary N) is 1. The van der Waals surface area contributed by atoms with Crippen molar-refractivity contribution in [3.8, 4) is 0 Å². The van der Waals surface area contributed by atoms with Crippen LogP contribution >= 0.6 is 0 Å². The van der Waals surface area contributed by atoms with E-state index in [1.165, 1.54) is 21.0 Å². The number of nitrogens with two attached hydrogens (primary N) is 1.